The van der Waals surface area contributed by atoms with Gasteiger partial charge in [-0.05, 0) is 42.0 Å². The van der Waals surface area contributed by atoms with E-state index in [1.54, 1.807) is 50.2 Å². The van der Waals surface area contributed by atoms with Crippen LogP contribution in [0.3, 0.4) is 0 Å². The van der Waals surface area contributed by atoms with E-state index in [0.717, 1.165) is 5.56 Å². The minimum Gasteiger partial charge on any atom is -0.493 e. The molecular weight excluding hydrogens is 360 g/mol. The zero-order valence-corrected chi connectivity index (χ0v) is 15.8. The predicted octanol–water partition coefficient (Wildman–Crippen LogP) is 4.40. The van der Waals surface area contributed by atoms with Crippen LogP contribution in [0.4, 0.5) is 0 Å². The largest absolute Gasteiger partial charge is 0.493 e. The summed E-state index contributed by atoms with van der Waals surface area (Å²) in [5, 5.41) is 9.67. The SMILES string of the molecule is COc1ccc([C@H](CC(=O)c2ccc(Cl)cc2)SCCO)cc1OC. The Labute approximate surface area is 157 Å². The van der Waals surface area contributed by atoms with Crippen LogP contribution in [0.1, 0.15) is 27.6 Å². The van der Waals surface area contributed by atoms with Gasteiger partial charge in [-0.3, -0.25) is 4.79 Å². The van der Waals surface area contributed by atoms with Crippen LogP contribution in [0.15, 0.2) is 42.5 Å². The Bertz CT molecular complexity index is 703. The van der Waals surface area contributed by atoms with Crippen LogP contribution < -0.4 is 9.47 Å². The number of Topliss-reactive ketones (excluding diaryl/α,β-unsaturated/α-hetero) is 1. The summed E-state index contributed by atoms with van der Waals surface area (Å²) in [6, 6.07) is 12.5. The van der Waals surface area contributed by atoms with Crippen LogP contribution in [0.25, 0.3) is 0 Å². The molecule has 0 fully saturated rings. The van der Waals surface area contributed by atoms with E-state index in [2.05, 4.69) is 0 Å². The Hall–Kier alpha value is -1.69. The van der Waals surface area contributed by atoms with Crippen LogP contribution in [0.2, 0.25) is 5.02 Å². The van der Waals surface area contributed by atoms with Crippen molar-refractivity contribution in [3.8, 4) is 11.5 Å². The summed E-state index contributed by atoms with van der Waals surface area (Å²) < 4.78 is 10.6. The van der Waals surface area contributed by atoms with Gasteiger partial charge in [0.1, 0.15) is 0 Å². The molecule has 0 aromatic heterocycles. The molecular formula is C19H21ClO4S. The number of aliphatic hydroxyl groups is 1. The molecule has 0 spiro atoms. The highest BCUT2D eigenvalue weighted by molar-refractivity contribution is 7.99. The molecule has 1 atom stereocenters. The number of halogens is 1. The van der Waals surface area contributed by atoms with E-state index in [-0.39, 0.29) is 17.6 Å². The van der Waals surface area contributed by atoms with E-state index < -0.39 is 0 Å². The molecule has 0 saturated carbocycles. The minimum atomic E-state index is -0.0878. The van der Waals surface area contributed by atoms with Crippen molar-refractivity contribution in [2.75, 3.05) is 26.6 Å². The monoisotopic (exact) mass is 380 g/mol. The highest BCUT2D eigenvalue weighted by atomic mass is 35.5. The molecule has 25 heavy (non-hydrogen) atoms. The van der Waals surface area contributed by atoms with Crippen molar-refractivity contribution in [1.29, 1.82) is 0 Å². The molecule has 2 aromatic carbocycles. The van der Waals surface area contributed by atoms with E-state index >= 15 is 0 Å². The fourth-order valence-corrected chi connectivity index (χ4v) is 3.57. The number of methoxy groups -OCH3 is 2. The Morgan fingerprint density at radius 2 is 1.80 bits per heavy atom. The third-order valence-corrected chi connectivity index (χ3v) is 5.24. The van der Waals surface area contributed by atoms with Gasteiger partial charge >= 0.3 is 0 Å². The number of benzene rings is 2. The summed E-state index contributed by atoms with van der Waals surface area (Å²) >= 11 is 7.42. The number of carbonyl (C=O) groups is 1. The van der Waals surface area contributed by atoms with Crippen LogP contribution in [-0.4, -0.2) is 37.5 Å². The van der Waals surface area contributed by atoms with Crippen LogP contribution in [-0.2, 0) is 0 Å². The smallest absolute Gasteiger partial charge is 0.164 e. The molecule has 0 heterocycles. The first-order chi connectivity index (χ1) is 12.1. The Morgan fingerprint density at radius 3 is 2.40 bits per heavy atom. The first-order valence-electron chi connectivity index (χ1n) is 7.82. The molecule has 0 saturated heterocycles. The molecule has 6 heteroatoms. The van der Waals surface area contributed by atoms with Gasteiger partial charge in [0.25, 0.3) is 0 Å². The number of hydrogen-bond acceptors (Lipinski definition) is 5. The van der Waals surface area contributed by atoms with E-state index in [1.165, 1.54) is 0 Å². The van der Waals surface area contributed by atoms with Crippen molar-refractivity contribution in [1.82, 2.24) is 0 Å². The lowest BCUT2D eigenvalue weighted by Crippen LogP contribution is -2.07. The van der Waals surface area contributed by atoms with E-state index in [9.17, 15) is 4.79 Å². The van der Waals surface area contributed by atoms with Crippen molar-refractivity contribution in [2.24, 2.45) is 0 Å². The summed E-state index contributed by atoms with van der Waals surface area (Å²) in [6.45, 7) is 0.0591. The average molecular weight is 381 g/mol. The summed E-state index contributed by atoms with van der Waals surface area (Å²) in [5.41, 5.74) is 1.58. The van der Waals surface area contributed by atoms with Gasteiger partial charge in [-0.1, -0.05) is 17.7 Å². The average Bonchev–Trinajstić information content (AvgIpc) is 2.64. The predicted molar refractivity (Wildman–Crippen MR) is 102 cm³/mol. The van der Waals surface area contributed by atoms with Crippen molar-refractivity contribution >= 4 is 29.1 Å². The lowest BCUT2D eigenvalue weighted by molar-refractivity contribution is 0.0982. The number of ether oxygens (including phenoxy) is 2. The van der Waals surface area contributed by atoms with E-state index in [4.69, 9.17) is 26.2 Å². The number of hydrogen-bond donors (Lipinski definition) is 1. The van der Waals surface area contributed by atoms with Crippen LogP contribution in [0.5, 0.6) is 11.5 Å². The lowest BCUT2D eigenvalue weighted by atomic mass is 10.0. The fraction of sp³-hybridized carbons (Fsp3) is 0.316. The molecule has 0 aliphatic rings. The highest BCUT2D eigenvalue weighted by Gasteiger charge is 2.19. The Morgan fingerprint density at radius 1 is 1.12 bits per heavy atom. The molecule has 2 rings (SSSR count). The van der Waals surface area contributed by atoms with Crippen molar-refractivity contribution in [3.63, 3.8) is 0 Å². The molecule has 2 aromatic rings. The molecule has 1 N–H and O–H groups in total. The topological polar surface area (TPSA) is 55.8 Å². The fourth-order valence-electron chi connectivity index (χ4n) is 2.44. The minimum absolute atomic E-state index is 0.0295. The van der Waals surface area contributed by atoms with Crippen LogP contribution >= 0.6 is 23.4 Å². The molecule has 134 valence electrons. The van der Waals surface area contributed by atoms with Crippen molar-refractivity contribution in [2.45, 2.75) is 11.7 Å². The highest BCUT2D eigenvalue weighted by Crippen LogP contribution is 2.38. The maximum Gasteiger partial charge on any atom is 0.164 e. The van der Waals surface area contributed by atoms with E-state index in [1.807, 2.05) is 18.2 Å². The molecule has 0 bridgehead atoms. The number of thioether (sulfide) groups is 1. The molecule has 4 nitrogen and oxygen atoms in total. The second kappa shape index (κ2) is 9.70. The quantitative estimate of drug-likeness (QED) is 0.653. The summed E-state index contributed by atoms with van der Waals surface area (Å²) in [5.74, 6) is 1.84. The first kappa shape index (κ1) is 19.6. The van der Waals surface area contributed by atoms with Gasteiger partial charge < -0.3 is 14.6 Å². The summed E-state index contributed by atoms with van der Waals surface area (Å²) in [7, 11) is 3.16. The van der Waals surface area contributed by atoms with Crippen molar-refractivity contribution in [3.05, 3.63) is 58.6 Å². The third-order valence-electron chi connectivity index (χ3n) is 3.73. The number of aliphatic hydroxyl groups excluding tert-OH is 1. The summed E-state index contributed by atoms with van der Waals surface area (Å²) in [6.07, 6.45) is 0.321. The number of rotatable bonds is 9. The molecule has 0 unspecified atom stereocenters. The molecule has 0 aliphatic heterocycles. The molecule has 0 aliphatic carbocycles. The zero-order chi connectivity index (χ0) is 18.2. The van der Waals surface area contributed by atoms with E-state index in [0.29, 0.717) is 34.3 Å². The molecule has 0 radical (unpaired) electrons. The lowest BCUT2D eigenvalue weighted by Gasteiger charge is -2.18. The van der Waals surface area contributed by atoms with Gasteiger partial charge in [0.05, 0.1) is 20.8 Å². The second-order valence-electron chi connectivity index (χ2n) is 5.33. The maximum absolute atomic E-state index is 12.6. The van der Waals surface area contributed by atoms with Gasteiger partial charge in [0.15, 0.2) is 17.3 Å². The number of ketones is 1. The van der Waals surface area contributed by atoms with Gasteiger partial charge in [-0.15, -0.1) is 0 Å². The number of carbonyl (C=O) groups excluding carboxylic acids is 1. The standard InChI is InChI=1S/C19H21ClO4S/c1-23-17-8-5-14(11-18(17)24-2)19(25-10-9-21)12-16(22)13-3-6-15(20)7-4-13/h3-8,11,19,21H,9-10,12H2,1-2H3/t19-/m0/s1. The Balaban J connectivity index is 2.23. The van der Waals surface area contributed by atoms with Gasteiger partial charge in [-0.2, -0.15) is 11.8 Å². The van der Waals surface area contributed by atoms with Gasteiger partial charge in [0, 0.05) is 28.0 Å². The van der Waals surface area contributed by atoms with Gasteiger partial charge in [0.2, 0.25) is 0 Å². The maximum atomic E-state index is 12.6. The third kappa shape index (κ3) is 5.39. The molecule has 0 amide bonds. The first-order valence-corrected chi connectivity index (χ1v) is 9.25. The second-order valence-corrected chi connectivity index (χ2v) is 7.08. The van der Waals surface area contributed by atoms with Gasteiger partial charge in [-0.25, -0.2) is 0 Å². The zero-order valence-electron chi connectivity index (χ0n) is 14.2. The normalized spacial score (nSPS) is 11.8. The van der Waals surface area contributed by atoms with Crippen molar-refractivity contribution < 1.29 is 19.4 Å². The Kier molecular flexibility index (Phi) is 7.62. The van der Waals surface area contributed by atoms with Crippen LogP contribution in [0, 0.1) is 0 Å². The summed E-state index contributed by atoms with van der Waals surface area (Å²) in [4.78, 5) is 12.6.